The Hall–Kier alpha value is -1.26. The van der Waals surface area contributed by atoms with E-state index in [0.717, 1.165) is 0 Å². The fraction of sp³-hybridized carbons (Fsp3) is 0.714. The lowest BCUT2D eigenvalue weighted by atomic mass is 10.5. The lowest BCUT2D eigenvalue weighted by Crippen LogP contribution is -2.15. The molecule has 12 heavy (non-hydrogen) atoms. The highest BCUT2D eigenvalue weighted by Crippen LogP contribution is 1.91. The van der Waals surface area contributed by atoms with Crippen LogP contribution in [0.3, 0.4) is 0 Å². The second-order valence-corrected chi connectivity index (χ2v) is 2.23. The molecular weight excluding hydrogens is 164 g/mol. The van der Waals surface area contributed by atoms with Gasteiger partial charge in [0.05, 0.1) is 6.10 Å². The van der Waals surface area contributed by atoms with E-state index in [2.05, 4.69) is 14.2 Å². The third-order valence-electron chi connectivity index (χ3n) is 0.821. The van der Waals surface area contributed by atoms with Crippen LogP contribution in [0.25, 0.3) is 0 Å². The number of carbonyl (C=O) groups is 2. The second kappa shape index (κ2) is 6.45. The summed E-state index contributed by atoms with van der Waals surface area (Å²) in [6.07, 6.45) is -0.955. The number of ether oxygens (including phenoxy) is 3. The Morgan fingerprint density at radius 2 is 2.08 bits per heavy atom. The van der Waals surface area contributed by atoms with Gasteiger partial charge in [-0.25, -0.2) is 4.79 Å². The lowest BCUT2D eigenvalue weighted by molar-refractivity contribution is -0.130. The van der Waals surface area contributed by atoms with Gasteiger partial charge >= 0.3 is 6.16 Å². The molecule has 70 valence electrons. The lowest BCUT2D eigenvalue weighted by Gasteiger charge is -2.07. The van der Waals surface area contributed by atoms with Gasteiger partial charge in [-0.05, 0) is 13.8 Å². The molecule has 0 aliphatic heterocycles. The first-order valence-electron chi connectivity index (χ1n) is 3.55. The zero-order valence-electron chi connectivity index (χ0n) is 7.11. The molecule has 0 aliphatic rings. The molecule has 5 heteroatoms. The molecule has 0 unspecified atom stereocenters. The van der Waals surface area contributed by atoms with Crippen LogP contribution in [0, 0.1) is 0 Å². The molecule has 0 rings (SSSR count). The van der Waals surface area contributed by atoms with Crippen molar-refractivity contribution < 1.29 is 23.8 Å². The summed E-state index contributed by atoms with van der Waals surface area (Å²) >= 11 is 0. The molecular formula is C7H12O5. The molecule has 0 aromatic rings. The molecule has 0 fully saturated rings. The quantitative estimate of drug-likeness (QED) is 0.351. The van der Waals surface area contributed by atoms with Gasteiger partial charge in [0.15, 0.2) is 0 Å². The van der Waals surface area contributed by atoms with Crippen LogP contribution in [0.4, 0.5) is 4.79 Å². The topological polar surface area (TPSA) is 61.8 Å². The molecule has 0 saturated heterocycles. The first-order chi connectivity index (χ1) is 5.66. The summed E-state index contributed by atoms with van der Waals surface area (Å²) in [5.41, 5.74) is 0. The number of hydrogen-bond donors (Lipinski definition) is 0. The van der Waals surface area contributed by atoms with Gasteiger partial charge in [0.25, 0.3) is 6.47 Å². The van der Waals surface area contributed by atoms with E-state index in [4.69, 9.17) is 0 Å². The molecule has 0 aromatic carbocycles. The molecule has 0 amide bonds. The Kier molecular flexibility index (Phi) is 5.77. The number of hydrogen-bond acceptors (Lipinski definition) is 5. The molecule has 0 bridgehead atoms. The summed E-state index contributed by atoms with van der Waals surface area (Å²) in [7, 11) is 0. The van der Waals surface area contributed by atoms with Crippen molar-refractivity contribution in [2.45, 2.75) is 20.0 Å². The van der Waals surface area contributed by atoms with Gasteiger partial charge in [0.2, 0.25) is 0 Å². The van der Waals surface area contributed by atoms with Gasteiger partial charge in [0.1, 0.15) is 13.2 Å². The van der Waals surface area contributed by atoms with Crippen molar-refractivity contribution in [3.63, 3.8) is 0 Å². The summed E-state index contributed by atoms with van der Waals surface area (Å²) in [5.74, 6) is 0. The highest BCUT2D eigenvalue weighted by molar-refractivity contribution is 5.59. The SMILES string of the molecule is CC(C)OC(=O)OCCOC=O. The van der Waals surface area contributed by atoms with Gasteiger partial charge < -0.3 is 14.2 Å². The first-order valence-corrected chi connectivity index (χ1v) is 3.55. The van der Waals surface area contributed by atoms with E-state index in [1.165, 1.54) is 0 Å². The van der Waals surface area contributed by atoms with Gasteiger partial charge in [-0.1, -0.05) is 0 Å². The van der Waals surface area contributed by atoms with Crippen molar-refractivity contribution in [1.29, 1.82) is 0 Å². The maximum atomic E-state index is 10.6. The molecule has 0 N–H and O–H groups in total. The van der Waals surface area contributed by atoms with E-state index in [1.54, 1.807) is 13.8 Å². The van der Waals surface area contributed by atoms with E-state index in [9.17, 15) is 9.59 Å². The van der Waals surface area contributed by atoms with Crippen LogP contribution >= 0.6 is 0 Å². The normalized spacial score (nSPS) is 9.25. The Morgan fingerprint density at radius 3 is 2.58 bits per heavy atom. The highest BCUT2D eigenvalue weighted by Gasteiger charge is 2.05. The van der Waals surface area contributed by atoms with Crippen LogP contribution in [-0.2, 0) is 19.0 Å². The Balaban J connectivity index is 3.25. The summed E-state index contributed by atoms with van der Waals surface area (Å²) in [6.45, 7) is 3.78. The van der Waals surface area contributed by atoms with Crippen LogP contribution < -0.4 is 0 Å². The van der Waals surface area contributed by atoms with Gasteiger partial charge in [0, 0.05) is 0 Å². The molecule has 0 aliphatic carbocycles. The third kappa shape index (κ3) is 6.85. The van der Waals surface area contributed by atoms with E-state index >= 15 is 0 Å². The largest absolute Gasteiger partial charge is 0.508 e. The monoisotopic (exact) mass is 176 g/mol. The van der Waals surface area contributed by atoms with Crippen molar-refractivity contribution >= 4 is 12.6 Å². The average molecular weight is 176 g/mol. The predicted molar refractivity (Wildman–Crippen MR) is 39.6 cm³/mol. The fourth-order valence-corrected chi connectivity index (χ4v) is 0.448. The van der Waals surface area contributed by atoms with E-state index < -0.39 is 6.16 Å². The minimum Gasteiger partial charge on any atom is -0.464 e. The smallest absolute Gasteiger partial charge is 0.464 e. The molecule has 5 nitrogen and oxygen atoms in total. The first kappa shape index (κ1) is 10.7. The molecule has 0 heterocycles. The average Bonchev–Trinajstić information content (AvgIpc) is 1.97. The minimum atomic E-state index is -0.750. The van der Waals surface area contributed by atoms with Crippen molar-refractivity contribution in [3.8, 4) is 0 Å². The van der Waals surface area contributed by atoms with E-state index in [1.807, 2.05) is 0 Å². The summed E-state index contributed by atoms with van der Waals surface area (Å²) in [5, 5.41) is 0. The van der Waals surface area contributed by atoms with Crippen LogP contribution in [0.2, 0.25) is 0 Å². The van der Waals surface area contributed by atoms with Crippen LogP contribution in [0.1, 0.15) is 13.8 Å². The maximum absolute atomic E-state index is 10.6. The molecule has 0 aromatic heterocycles. The molecule has 0 atom stereocenters. The number of carbonyl (C=O) groups excluding carboxylic acids is 2. The zero-order chi connectivity index (χ0) is 9.40. The zero-order valence-corrected chi connectivity index (χ0v) is 7.11. The Bertz CT molecular complexity index is 143. The molecule has 0 spiro atoms. The molecule has 0 radical (unpaired) electrons. The fourth-order valence-electron chi connectivity index (χ4n) is 0.448. The maximum Gasteiger partial charge on any atom is 0.508 e. The van der Waals surface area contributed by atoms with Gasteiger partial charge in [-0.2, -0.15) is 0 Å². The number of rotatable bonds is 5. The van der Waals surface area contributed by atoms with Gasteiger partial charge in [-0.15, -0.1) is 0 Å². The van der Waals surface area contributed by atoms with E-state index in [0.29, 0.717) is 0 Å². The van der Waals surface area contributed by atoms with Crippen LogP contribution in [0.5, 0.6) is 0 Å². The Labute approximate surface area is 70.6 Å². The van der Waals surface area contributed by atoms with Crippen LogP contribution in [0.15, 0.2) is 0 Å². The Morgan fingerprint density at radius 1 is 1.42 bits per heavy atom. The van der Waals surface area contributed by atoms with Gasteiger partial charge in [-0.3, -0.25) is 4.79 Å². The van der Waals surface area contributed by atoms with E-state index in [-0.39, 0.29) is 25.8 Å². The molecule has 0 saturated carbocycles. The van der Waals surface area contributed by atoms with Crippen LogP contribution in [-0.4, -0.2) is 31.9 Å². The van der Waals surface area contributed by atoms with Crippen molar-refractivity contribution in [1.82, 2.24) is 0 Å². The summed E-state index contributed by atoms with van der Waals surface area (Å²) in [6, 6.07) is 0. The highest BCUT2D eigenvalue weighted by atomic mass is 16.7. The summed E-state index contributed by atoms with van der Waals surface area (Å²) in [4.78, 5) is 20.3. The van der Waals surface area contributed by atoms with Crippen molar-refractivity contribution in [2.24, 2.45) is 0 Å². The van der Waals surface area contributed by atoms with Crippen molar-refractivity contribution in [2.75, 3.05) is 13.2 Å². The second-order valence-electron chi connectivity index (χ2n) is 2.23. The minimum absolute atomic E-state index is 0.0181. The standard InChI is InChI=1S/C7H12O5/c1-6(2)12-7(9)11-4-3-10-5-8/h5-6H,3-4H2,1-2H3. The third-order valence-corrected chi connectivity index (χ3v) is 0.821. The van der Waals surface area contributed by atoms with Crippen molar-refractivity contribution in [3.05, 3.63) is 0 Å². The predicted octanol–water partition coefficient (Wildman–Crippen LogP) is 0.721. The summed E-state index contributed by atoms with van der Waals surface area (Å²) < 4.78 is 13.4.